The first-order valence-electron chi connectivity index (χ1n) is 9.78. The number of allylic oxidation sites excluding steroid dienone is 1. The summed E-state index contributed by atoms with van der Waals surface area (Å²) in [6, 6.07) is 11.9. The van der Waals surface area contributed by atoms with Crippen LogP contribution in [0.15, 0.2) is 48.0 Å². The third kappa shape index (κ3) is 4.41. The second-order valence-electron chi connectivity index (χ2n) is 7.63. The van der Waals surface area contributed by atoms with Crippen molar-refractivity contribution in [1.29, 1.82) is 0 Å². The Bertz CT molecular complexity index is 1150. The quantitative estimate of drug-likeness (QED) is 0.593. The van der Waals surface area contributed by atoms with Crippen LogP contribution in [0.2, 0.25) is 5.02 Å². The highest BCUT2D eigenvalue weighted by Gasteiger charge is 2.22. The fraction of sp³-hybridized carbons (Fsp3) is 0.208. The second kappa shape index (κ2) is 8.36. The second-order valence-corrected chi connectivity index (χ2v) is 8.06. The molecule has 0 spiro atoms. The largest absolute Gasteiger partial charge is 0.309 e. The molecule has 2 aromatic carbocycles. The van der Waals surface area contributed by atoms with Crippen LogP contribution in [0.5, 0.6) is 0 Å². The first-order valence-corrected chi connectivity index (χ1v) is 10.2. The Morgan fingerprint density at radius 3 is 2.63 bits per heavy atom. The van der Waals surface area contributed by atoms with Crippen molar-refractivity contribution in [2.75, 3.05) is 5.32 Å². The minimum atomic E-state index is -0.249. The van der Waals surface area contributed by atoms with Crippen LogP contribution in [0.1, 0.15) is 36.4 Å². The summed E-state index contributed by atoms with van der Waals surface area (Å²) >= 11 is 5.91. The number of hydrogen-bond acceptors (Lipinski definition) is 3. The zero-order chi connectivity index (χ0) is 21.3. The van der Waals surface area contributed by atoms with Crippen molar-refractivity contribution in [1.82, 2.24) is 9.97 Å². The Balaban J connectivity index is 1.68. The minimum absolute atomic E-state index is 0.173. The zero-order valence-electron chi connectivity index (χ0n) is 16.8. The lowest BCUT2D eigenvalue weighted by atomic mass is 9.91. The van der Waals surface area contributed by atoms with Gasteiger partial charge in [0.05, 0.1) is 17.8 Å². The van der Waals surface area contributed by atoms with Crippen LogP contribution in [-0.2, 0) is 24.1 Å². The van der Waals surface area contributed by atoms with Gasteiger partial charge in [-0.05, 0) is 74.2 Å². The van der Waals surface area contributed by atoms with Crippen molar-refractivity contribution in [3.63, 3.8) is 0 Å². The van der Waals surface area contributed by atoms with E-state index in [1.807, 2.05) is 32.1 Å². The summed E-state index contributed by atoms with van der Waals surface area (Å²) in [5.74, 6) is 0.0218. The van der Waals surface area contributed by atoms with Crippen LogP contribution < -0.4 is 5.32 Å². The third-order valence-corrected chi connectivity index (χ3v) is 5.16. The molecule has 4 nitrogen and oxygen atoms in total. The Morgan fingerprint density at radius 1 is 1.13 bits per heavy atom. The average Bonchev–Trinajstić information content (AvgIpc) is 2.69. The molecule has 0 fully saturated rings. The molecule has 1 aliphatic carbocycles. The predicted octanol–water partition coefficient (Wildman–Crippen LogP) is 5.64. The Morgan fingerprint density at radius 2 is 1.90 bits per heavy atom. The molecule has 152 valence electrons. The smallest absolute Gasteiger partial charge is 0.230 e. The van der Waals surface area contributed by atoms with E-state index in [1.165, 1.54) is 6.07 Å². The first-order chi connectivity index (χ1) is 14.4. The number of fused-ring (bicyclic) bond motifs is 3. The third-order valence-electron chi connectivity index (χ3n) is 4.91. The van der Waals surface area contributed by atoms with Gasteiger partial charge in [0.1, 0.15) is 11.5 Å². The maximum Gasteiger partial charge on any atom is 0.230 e. The molecule has 0 unspecified atom stereocenters. The molecule has 1 heterocycles. The van der Waals surface area contributed by atoms with E-state index < -0.39 is 0 Å². The van der Waals surface area contributed by atoms with Crippen LogP contribution in [0, 0.1) is 5.82 Å². The number of aromatic nitrogens is 2. The van der Waals surface area contributed by atoms with Crippen LogP contribution >= 0.6 is 11.6 Å². The molecule has 3 aromatic rings. The summed E-state index contributed by atoms with van der Waals surface area (Å²) in [6.45, 7) is 3.92. The minimum Gasteiger partial charge on any atom is -0.309 e. The molecule has 1 aromatic heterocycles. The summed E-state index contributed by atoms with van der Waals surface area (Å²) in [5.41, 5.74) is 5.87. The lowest BCUT2D eigenvalue weighted by Crippen LogP contribution is -2.19. The van der Waals surface area contributed by atoms with Gasteiger partial charge in [-0.3, -0.25) is 4.79 Å². The molecule has 0 bridgehead atoms. The first kappa shape index (κ1) is 20.2. The Kier molecular flexibility index (Phi) is 5.64. The number of carbonyl (C=O) groups excluding carboxylic acids is 1. The van der Waals surface area contributed by atoms with E-state index in [0.717, 1.165) is 33.7 Å². The van der Waals surface area contributed by atoms with Crippen LogP contribution in [0.3, 0.4) is 0 Å². The highest BCUT2D eigenvalue weighted by Crippen LogP contribution is 2.33. The zero-order valence-corrected chi connectivity index (χ0v) is 17.6. The Hall–Kier alpha value is -3.05. The van der Waals surface area contributed by atoms with Gasteiger partial charge in [-0.25, -0.2) is 14.4 Å². The van der Waals surface area contributed by atoms with Crippen LogP contribution in [0.25, 0.3) is 17.3 Å². The molecule has 30 heavy (non-hydrogen) atoms. The number of nitrogens with zero attached hydrogens (tertiary/aromatic N) is 2. The maximum atomic E-state index is 13.6. The number of benzene rings is 2. The van der Waals surface area contributed by atoms with Gasteiger partial charge < -0.3 is 5.32 Å². The lowest BCUT2D eigenvalue weighted by Gasteiger charge is -2.20. The summed E-state index contributed by atoms with van der Waals surface area (Å²) in [4.78, 5) is 22.2. The van der Waals surface area contributed by atoms with Gasteiger partial charge in [-0.1, -0.05) is 29.3 Å². The number of rotatable bonds is 4. The predicted molar refractivity (Wildman–Crippen MR) is 118 cm³/mol. The van der Waals surface area contributed by atoms with Crippen LogP contribution in [-0.4, -0.2) is 15.9 Å². The fourth-order valence-electron chi connectivity index (χ4n) is 3.56. The van der Waals surface area contributed by atoms with E-state index in [9.17, 15) is 9.18 Å². The van der Waals surface area contributed by atoms with Crippen molar-refractivity contribution in [2.45, 2.75) is 33.1 Å². The van der Waals surface area contributed by atoms with Gasteiger partial charge in [-0.15, -0.1) is 0 Å². The molecule has 0 radical (unpaired) electrons. The molecular formula is C24H21ClFN3O. The SMILES string of the molecule is CC(C)=Cc1nc2c(nc1NC(=O)Cc1ccc(Cl)cc1)CCc1cc(F)ccc1-2. The van der Waals surface area contributed by atoms with Crippen molar-refractivity contribution in [2.24, 2.45) is 0 Å². The maximum absolute atomic E-state index is 13.6. The Labute approximate surface area is 179 Å². The van der Waals surface area contributed by atoms with E-state index in [0.29, 0.717) is 29.4 Å². The molecule has 0 saturated heterocycles. The van der Waals surface area contributed by atoms with E-state index >= 15 is 0 Å². The van der Waals surface area contributed by atoms with Crippen molar-refractivity contribution in [3.8, 4) is 11.3 Å². The molecular weight excluding hydrogens is 401 g/mol. The van der Waals surface area contributed by atoms with Gasteiger partial charge >= 0.3 is 0 Å². The summed E-state index contributed by atoms with van der Waals surface area (Å²) in [7, 11) is 0. The molecule has 0 atom stereocenters. The molecule has 0 aliphatic heterocycles. The molecule has 0 saturated carbocycles. The van der Waals surface area contributed by atoms with Crippen LogP contribution in [0.4, 0.5) is 10.2 Å². The summed E-state index contributed by atoms with van der Waals surface area (Å²) in [6.07, 6.45) is 3.44. The van der Waals surface area contributed by atoms with Crippen molar-refractivity contribution in [3.05, 3.63) is 81.4 Å². The highest BCUT2D eigenvalue weighted by molar-refractivity contribution is 6.30. The average molecular weight is 422 g/mol. The van der Waals surface area contributed by atoms with Gasteiger partial charge in [-0.2, -0.15) is 0 Å². The highest BCUT2D eigenvalue weighted by atomic mass is 35.5. The van der Waals surface area contributed by atoms with Crippen molar-refractivity contribution < 1.29 is 9.18 Å². The summed E-state index contributed by atoms with van der Waals surface area (Å²) in [5, 5.41) is 3.54. The number of aryl methyl sites for hydroxylation is 2. The van der Waals surface area contributed by atoms with E-state index in [4.69, 9.17) is 21.6 Å². The molecule has 1 aliphatic rings. The summed E-state index contributed by atoms with van der Waals surface area (Å²) < 4.78 is 13.6. The standard InChI is InChI=1S/C24H21ClFN3O/c1-14(2)11-21-24(29-22(30)12-15-3-6-17(25)7-4-15)28-20-10-5-16-13-18(26)8-9-19(16)23(20)27-21/h3-4,6-9,11,13H,5,10,12H2,1-2H3,(H,28,29,30). The number of halogens is 2. The number of anilines is 1. The van der Waals surface area contributed by atoms with Gasteiger partial charge in [0, 0.05) is 10.6 Å². The lowest BCUT2D eigenvalue weighted by molar-refractivity contribution is -0.115. The van der Waals surface area contributed by atoms with Crippen molar-refractivity contribution >= 4 is 29.4 Å². The van der Waals surface area contributed by atoms with Gasteiger partial charge in [0.15, 0.2) is 5.82 Å². The van der Waals surface area contributed by atoms with E-state index in [-0.39, 0.29) is 18.1 Å². The van der Waals surface area contributed by atoms with E-state index in [1.54, 1.807) is 24.3 Å². The molecule has 1 amide bonds. The van der Waals surface area contributed by atoms with Gasteiger partial charge in [0.2, 0.25) is 5.91 Å². The molecule has 6 heteroatoms. The fourth-order valence-corrected chi connectivity index (χ4v) is 3.68. The molecule has 1 N–H and O–H groups in total. The topological polar surface area (TPSA) is 54.9 Å². The monoisotopic (exact) mass is 421 g/mol. The number of nitrogens with one attached hydrogen (secondary N) is 1. The number of hydrogen-bond donors (Lipinski definition) is 1. The van der Waals surface area contributed by atoms with Gasteiger partial charge in [0.25, 0.3) is 0 Å². The van der Waals surface area contributed by atoms with E-state index in [2.05, 4.69) is 5.32 Å². The number of carbonyl (C=O) groups is 1. The normalized spacial score (nSPS) is 12.0. The number of amides is 1. The molecule has 4 rings (SSSR count).